The molecular formula is C24H27N3O4S. The summed E-state index contributed by atoms with van der Waals surface area (Å²) in [6, 6.07) is 15.2. The first-order valence-electron chi connectivity index (χ1n) is 10.7. The number of amides is 2. The van der Waals surface area contributed by atoms with Crippen LogP contribution >= 0.6 is 0 Å². The van der Waals surface area contributed by atoms with Gasteiger partial charge in [-0.3, -0.25) is 14.5 Å². The Bertz CT molecular complexity index is 1160. The van der Waals surface area contributed by atoms with Gasteiger partial charge in [0.15, 0.2) is 0 Å². The highest BCUT2D eigenvalue weighted by atomic mass is 32.2. The third-order valence-corrected chi connectivity index (χ3v) is 6.91. The lowest BCUT2D eigenvalue weighted by molar-refractivity contribution is -0.138. The fourth-order valence-corrected chi connectivity index (χ4v) is 5.19. The number of imide groups is 1. The molecule has 0 radical (unpaired) electrons. The number of primary sulfonamides is 1. The van der Waals surface area contributed by atoms with Crippen molar-refractivity contribution in [1.29, 1.82) is 0 Å². The van der Waals surface area contributed by atoms with E-state index in [0.717, 1.165) is 25.1 Å². The summed E-state index contributed by atoms with van der Waals surface area (Å²) >= 11 is 0. The number of hydrogen-bond donors (Lipinski definition) is 1. The Balaban J connectivity index is 1.69. The quantitative estimate of drug-likeness (QED) is 0.702. The van der Waals surface area contributed by atoms with Gasteiger partial charge in [-0.2, -0.15) is 0 Å². The van der Waals surface area contributed by atoms with Crippen LogP contribution in [0.4, 0.5) is 0 Å². The Kier molecular flexibility index (Phi) is 5.92. The van der Waals surface area contributed by atoms with Crippen LogP contribution in [0.15, 0.2) is 65.2 Å². The van der Waals surface area contributed by atoms with Crippen LogP contribution in [0.5, 0.6) is 0 Å². The molecule has 0 bridgehead atoms. The molecule has 2 aliphatic heterocycles. The van der Waals surface area contributed by atoms with Crippen molar-refractivity contribution in [2.75, 3.05) is 13.1 Å². The molecule has 1 fully saturated rings. The standard InChI is InChI=1S/C24H27N3O4S/c1-16-12-17(2)14-26(13-16)22-21(19-6-4-3-5-7-19)23(28)27(24(22)29)15-18-8-10-20(11-9-18)32(25,30)31/h3-11,16-17H,12-15H2,1-2H3,(H2,25,30,31). The van der Waals surface area contributed by atoms with Crippen molar-refractivity contribution in [2.24, 2.45) is 17.0 Å². The van der Waals surface area contributed by atoms with Gasteiger partial charge in [0, 0.05) is 13.1 Å². The molecule has 1 saturated heterocycles. The number of hydrogen-bond acceptors (Lipinski definition) is 5. The van der Waals surface area contributed by atoms with Gasteiger partial charge in [-0.25, -0.2) is 13.6 Å². The van der Waals surface area contributed by atoms with E-state index in [0.29, 0.717) is 28.7 Å². The third kappa shape index (κ3) is 4.33. The van der Waals surface area contributed by atoms with E-state index in [-0.39, 0.29) is 23.3 Å². The number of piperidine rings is 1. The minimum atomic E-state index is -3.81. The molecule has 32 heavy (non-hydrogen) atoms. The lowest BCUT2D eigenvalue weighted by Gasteiger charge is -2.37. The molecule has 2 unspecified atom stereocenters. The van der Waals surface area contributed by atoms with E-state index in [2.05, 4.69) is 18.7 Å². The molecule has 0 aliphatic carbocycles. The highest BCUT2D eigenvalue weighted by Gasteiger charge is 2.42. The first-order valence-corrected chi connectivity index (χ1v) is 12.2. The average molecular weight is 454 g/mol. The van der Waals surface area contributed by atoms with Crippen LogP contribution in [0.25, 0.3) is 5.57 Å². The minimum Gasteiger partial charge on any atom is -0.366 e. The maximum absolute atomic E-state index is 13.5. The smallest absolute Gasteiger partial charge is 0.278 e. The Labute approximate surface area is 188 Å². The molecule has 7 nitrogen and oxygen atoms in total. The minimum absolute atomic E-state index is 0.0135. The first kappa shape index (κ1) is 22.2. The number of carbonyl (C=O) groups excluding carboxylic acids is 2. The molecule has 168 valence electrons. The number of carbonyl (C=O) groups is 2. The van der Waals surface area contributed by atoms with Crippen LogP contribution in [-0.4, -0.2) is 43.1 Å². The summed E-state index contributed by atoms with van der Waals surface area (Å²) in [7, 11) is -3.81. The largest absolute Gasteiger partial charge is 0.366 e. The van der Waals surface area contributed by atoms with E-state index in [1.807, 2.05) is 30.3 Å². The average Bonchev–Trinajstić information content (AvgIpc) is 2.98. The van der Waals surface area contributed by atoms with Gasteiger partial charge in [0.25, 0.3) is 11.8 Å². The zero-order valence-electron chi connectivity index (χ0n) is 18.2. The zero-order chi connectivity index (χ0) is 23.0. The predicted molar refractivity (Wildman–Crippen MR) is 121 cm³/mol. The molecular weight excluding hydrogens is 426 g/mol. The summed E-state index contributed by atoms with van der Waals surface area (Å²) in [4.78, 5) is 30.3. The van der Waals surface area contributed by atoms with Crippen molar-refractivity contribution >= 4 is 27.4 Å². The maximum Gasteiger partial charge on any atom is 0.278 e. The molecule has 2 aromatic carbocycles. The van der Waals surface area contributed by atoms with Gasteiger partial charge in [-0.05, 0) is 41.5 Å². The summed E-state index contributed by atoms with van der Waals surface area (Å²) < 4.78 is 23.0. The van der Waals surface area contributed by atoms with E-state index >= 15 is 0 Å². The number of likely N-dealkylation sites (tertiary alicyclic amines) is 1. The molecule has 0 aromatic heterocycles. The Morgan fingerprint density at radius 1 is 0.906 bits per heavy atom. The van der Waals surface area contributed by atoms with Gasteiger partial charge in [0.05, 0.1) is 17.0 Å². The van der Waals surface area contributed by atoms with Crippen LogP contribution in [0.1, 0.15) is 31.4 Å². The number of benzene rings is 2. The van der Waals surface area contributed by atoms with Gasteiger partial charge in [0.2, 0.25) is 10.0 Å². The van der Waals surface area contributed by atoms with E-state index < -0.39 is 10.0 Å². The lowest BCUT2D eigenvalue weighted by atomic mass is 9.91. The Morgan fingerprint density at radius 2 is 1.50 bits per heavy atom. The van der Waals surface area contributed by atoms with Crippen molar-refractivity contribution in [2.45, 2.75) is 31.7 Å². The zero-order valence-corrected chi connectivity index (χ0v) is 19.0. The lowest BCUT2D eigenvalue weighted by Crippen LogP contribution is -2.41. The van der Waals surface area contributed by atoms with Gasteiger partial charge in [-0.1, -0.05) is 56.3 Å². The second-order valence-electron chi connectivity index (χ2n) is 8.83. The second kappa shape index (κ2) is 8.52. The molecule has 2 heterocycles. The fourth-order valence-electron chi connectivity index (χ4n) is 4.68. The molecule has 2 aromatic rings. The van der Waals surface area contributed by atoms with Gasteiger partial charge >= 0.3 is 0 Å². The summed E-state index contributed by atoms with van der Waals surface area (Å²) in [5.41, 5.74) is 2.26. The van der Waals surface area contributed by atoms with Crippen LogP contribution in [0.3, 0.4) is 0 Å². The van der Waals surface area contributed by atoms with Crippen LogP contribution in [0, 0.1) is 11.8 Å². The van der Waals surface area contributed by atoms with Crippen molar-refractivity contribution in [3.8, 4) is 0 Å². The van der Waals surface area contributed by atoms with Crippen molar-refractivity contribution < 1.29 is 18.0 Å². The molecule has 0 spiro atoms. The van der Waals surface area contributed by atoms with Gasteiger partial charge in [0.1, 0.15) is 5.70 Å². The first-order chi connectivity index (χ1) is 15.1. The normalized spacial score (nSPS) is 22.1. The van der Waals surface area contributed by atoms with Crippen LogP contribution in [0.2, 0.25) is 0 Å². The third-order valence-electron chi connectivity index (χ3n) is 5.98. The Morgan fingerprint density at radius 3 is 2.06 bits per heavy atom. The van der Waals surface area contributed by atoms with E-state index in [9.17, 15) is 18.0 Å². The molecule has 4 rings (SSSR count). The fraction of sp³-hybridized carbons (Fsp3) is 0.333. The van der Waals surface area contributed by atoms with Gasteiger partial charge in [-0.15, -0.1) is 0 Å². The highest BCUT2D eigenvalue weighted by Crippen LogP contribution is 2.35. The molecule has 2 atom stereocenters. The molecule has 8 heteroatoms. The number of rotatable bonds is 5. The van der Waals surface area contributed by atoms with E-state index in [1.165, 1.54) is 17.0 Å². The molecule has 0 saturated carbocycles. The maximum atomic E-state index is 13.5. The predicted octanol–water partition coefficient (Wildman–Crippen LogP) is 2.59. The van der Waals surface area contributed by atoms with Gasteiger partial charge < -0.3 is 4.90 Å². The second-order valence-corrected chi connectivity index (χ2v) is 10.4. The Hall–Kier alpha value is -2.97. The molecule has 2 amide bonds. The van der Waals surface area contributed by atoms with Crippen LogP contribution < -0.4 is 5.14 Å². The van der Waals surface area contributed by atoms with Crippen molar-refractivity contribution in [3.05, 3.63) is 71.4 Å². The van der Waals surface area contributed by atoms with Crippen LogP contribution in [-0.2, 0) is 26.2 Å². The summed E-state index contributed by atoms with van der Waals surface area (Å²) in [6.07, 6.45) is 1.09. The summed E-state index contributed by atoms with van der Waals surface area (Å²) in [6.45, 7) is 5.84. The van der Waals surface area contributed by atoms with E-state index in [1.54, 1.807) is 12.1 Å². The molecule has 2 aliphatic rings. The number of nitrogens with two attached hydrogens (primary N) is 1. The monoisotopic (exact) mass is 453 g/mol. The summed E-state index contributed by atoms with van der Waals surface area (Å²) in [5.74, 6) is 0.195. The number of nitrogens with zero attached hydrogens (tertiary/aromatic N) is 2. The number of sulfonamides is 1. The summed E-state index contributed by atoms with van der Waals surface area (Å²) in [5, 5.41) is 5.16. The highest BCUT2D eigenvalue weighted by molar-refractivity contribution is 7.89. The SMILES string of the molecule is CC1CC(C)CN(C2=C(c3ccccc3)C(=O)N(Cc3ccc(S(N)(=O)=O)cc3)C2=O)C1. The van der Waals surface area contributed by atoms with E-state index in [4.69, 9.17) is 5.14 Å². The van der Waals surface area contributed by atoms with Crippen molar-refractivity contribution in [1.82, 2.24) is 9.80 Å². The topological polar surface area (TPSA) is 101 Å². The molecule has 2 N–H and O–H groups in total. The van der Waals surface area contributed by atoms with Crippen molar-refractivity contribution in [3.63, 3.8) is 0 Å².